The Morgan fingerprint density at radius 1 is 0.556 bits per heavy atom. The van der Waals surface area contributed by atoms with E-state index in [0.717, 1.165) is 0 Å². The van der Waals surface area contributed by atoms with Gasteiger partial charge in [-0.25, -0.2) is 0 Å². The number of rotatable bonds is 0. The molecule has 0 amide bonds. The molecule has 1 fully saturated rings. The summed E-state index contributed by atoms with van der Waals surface area (Å²) in [5, 5.41) is 1.19. The van der Waals surface area contributed by atoms with Crippen LogP contribution >= 0.6 is 80.5 Å². The van der Waals surface area contributed by atoms with E-state index in [2.05, 4.69) is 0 Å². The van der Waals surface area contributed by atoms with Gasteiger partial charge in [-0.1, -0.05) is 21.6 Å². The number of hydrogen-bond acceptors (Lipinski definition) is 8. The van der Waals surface area contributed by atoms with Crippen molar-refractivity contribution in [3.05, 3.63) is 0 Å². The molecule has 8 heteroatoms. The second-order valence-corrected chi connectivity index (χ2v) is 14.2. The lowest BCUT2D eigenvalue weighted by atomic mass is 11.9. The lowest BCUT2D eigenvalue weighted by molar-refractivity contribution is 2.36. The smallest absolute Gasteiger partial charge is 0.0616 e. The fraction of sp³-hybridized carbons (Fsp3) is 1.00. The molecule has 1 heterocycles. The van der Waals surface area contributed by atoms with Crippen LogP contribution in [-0.2, 0) is 0 Å². The zero-order valence-corrected chi connectivity index (χ0v) is 10.5. The Labute approximate surface area is 84.5 Å². The van der Waals surface area contributed by atoms with E-state index in [1.54, 1.807) is 0 Å². The molecule has 0 aromatic rings. The second-order valence-electron chi connectivity index (χ2n) is 0.762. The van der Waals surface area contributed by atoms with Gasteiger partial charge in [0, 0.05) is 0 Å². The van der Waals surface area contributed by atoms with Crippen LogP contribution in [0.4, 0.5) is 0 Å². The molecule has 0 aromatic carbocycles. The fourth-order valence-corrected chi connectivity index (χ4v) is 19.0. The van der Waals surface area contributed by atoms with Crippen molar-refractivity contribution in [2.24, 2.45) is 0 Å². The zero-order valence-electron chi connectivity index (χ0n) is 3.97. The highest BCUT2D eigenvalue weighted by atomic mass is 34.0. The second kappa shape index (κ2) is 7.45. The van der Waals surface area contributed by atoms with Crippen LogP contribution in [0.25, 0.3) is 0 Å². The summed E-state index contributed by atoms with van der Waals surface area (Å²) in [5.41, 5.74) is 0. The van der Waals surface area contributed by atoms with Crippen LogP contribution in [0.15, 0.2) is 0 Å². The molecule has 0 nitrogen and oxygen atoms in total. The Bertz CT molecular complexity index is 33.1. The maximum absolute atomic E-state index is 1.92. The average molecular weight is 271 g/mol. The first-order valence-electron chi connectivity index (χ1n) is 1.74. The van der Waals surface area contributed by atoms with Gasteiger partial charge in [0.25, 0.3) is 0 Å². The van der Waals surface area contributed by atoms with Crippen molar-refractivity contribution in [2.45, 2.75) is 0 Å². The van der Waals surface area contributed by atoms with E-state index in [1.165, 1.54) is 5.08 Å². The third kappa shape index (κ3) is 6.01. The molecule has 54 valence electrons. The van der Waals surface area contributed by atoms with Gasteiger partial charge < -0.3 is 0 Å². The Morgan fingerprint density at radius 2 is 1.00 bits per heavy atom. The predicted molar refractivity (Wildman–Crippen MR) is 65.6 cm³/mol. The standard InChI is InChI=1S/CH2S8/c1-2-4-6-8-9-7-5-3-1/h1H2. The molecule has 0 N–H and O–H groups in total. The molecular formula is CH2S8. The summed E-state index contributed by atoms with van der Waals surface area (Å²) in [6, 6.07) is 0. The zero-order chi connectivity index (χ0) is 6.36. The quantitative estimate of drug-likeness (QED) is 0.542. The lowest BCUT2D eigenvalue weighted by Gasteiger charge is -1.90. The molecule has 0 radical (unpaired) electrons. The molecule has 1 aliphatic rings. The average Bonchev–Trinajstić information content (AvgIpc) is 2.00. The van der Waals surface area contributed by atoms with E-state index in [1.807, 2.05) is 80.5 Å². The first kappa shape index (κ1) is 9.88. The van der Waals surface area contributed by atoms with Gasteiger partial charge >= 0.3 is 0 Å². The van der Waals surface area contributed by atoms with E-state index in [4.69, 9.17) is 0 Å². The van der Waals surface area contributed by atoms with Crippen molar-refractivity contribution in [3.8, 4) is 0 Å². The Kier molecular flexibility index (Phi) is 8.18. The van der Waals surface area contributed by atoms with Crippen LogP contribution < -0.4 is 0 Å². The molecule has 0 aromatic heterocycles. The highest BCUT2D eigenvalue weighted by Crippen LogP contribution is 2.60. The monoisotopic (exact) mass is 270 g/mol. The first-order valence-corrected chi connectivity index (χ1v) is 12.2. The highest BCUT2D eigenvalue weighted by molar-refractivity contribution is 9.49. The molecule has 1 saturated heterocycles. The Hall–Kier alpha value is 2.80. The summed E-state index contributed by atoms with van der Waals surface area (Å²) < 4.78 is 0. The third-order valence-electron chi connectivity index (χ3n) is 0.331. The van der Waals surface area contributed by atoms with Crippen molar-refractivity contribution < 1.29 is 0 Å². The van der Waals surface area contributed by atoms with Crippen molar-refractivity contribution in [1.29, 1.82) is 0 Å². The topological polar surface area (TPSA) is 0 Å². The molecule has 0 bridgehead atoms. The maximum atomic E-state index is 1.92. The molecule has 0 spiro atoms. The number of hydrogen-bond donors (Lipinski definition) is 0. The van der Waals surface area contributed by atoms with E-state index in [-0.39, 0.29) is 0 Å². The minimum Gasteiger partial charge on any atom is -0.0698 e. The van der Waals surface area contributed by atoms with Gasteiger partial charge in [-0.05, 0) is 59.0 Å². The summed E-state index contributed by atoms with van der Waals surface area (Å²) in [7, 11) is 15.0. The van der Waals surface area contributed by atoms with E-state index >= 15 is 0 Å². The van der Waals surface area contributed by atoms with Gasteiger partial charge in [0.15, 0.2) is 0 Å². The van der Waals surface area contributed by atoms with Gasteiger partial charge in [0.1, 0.15) is 0 Å². The van der Waals surface area contributed by atoms with Crippen molar-refractivity contribution >= 4 is 80.5 Å². The molecule has 1 rings (SSSR count). The normalized spacial score (nSPS) is 24.0. The SMILES string of the molecule is C1SSSSSSSS1. The van der Waals surface area contributed by atoms with Gasteiger partial charge in [-0.15, -0.1) is 0 Å². The molecular weight excluding hydrogens is 269 g/mol. The summed E-state index contributed by atoms with van der Waals surface area (Å²) in [6.07, 6.45) is 0. The molecule has 9 heavy (non-hydrogen) atoms. The van der Waals surface area contributed by atoms with Crippen LogP contribution in [-0.4, -0.2) is 5.08 Å². The van der Waals surface area contributed by atoms with Crippen molar-refractivity contribution in [1.82, 2.24) is 0 Å². The van der Waals surface area contributed by atoms with E-state index < -0.39 is 0 Å². The predicted octanol–water partition coefficient (Wildman–Crippen LogP) is 5.23. The van der Waals surface area contributed by atoms with Crippen molar-refractivity contribution in [2.75, 3.05) is 5.08 Å². The van der Waals surface area contributed by atoms with Crippen LogP contribution in [0.1, 0.15) is 0 Å². The summed E-state index contributed by atoms with van der Waals surface area (Å²) in [4.78, 5) is 0. The summed E-state index contributed by atoms with van der Waals surface area (Å²) in [6.45, 7) is 0. The van der Waals surface area contributed by atoms with Crippen LogP contribution in [0.5, 0.6) is 0 Å². The van der Waals surface area contributed by atoms with Gasteiger partial charge in [0.2, 0.25) is 0 Å². The fourth-order valence-electron chi connectivity index (χ4n) is 0.144. The molecule has 0 unspecified atom stereocenters. The largest absolute Gasteiger partial charge is 0.0698 e. The minimum atomic E-state index is 1.19. The van der Waals surface area contributed by atoms with Gasteiger partial charge in [0.05, 0.1) is 5.08 Å². The van der Waals surface area contributed by atoms with Crippen molar-refractivity contribution in [3.63, 3.8) is 0 Å². The molecule has 1 aliphatic heterocycles. The van der Waals surface area contributed by atoms with E-state index in [9.17, 15) is 0 Å². The molecule has 0 aliphatic carbocycles. The van der Waals surface area contributed by atoms with Crippen LogP contribution in [0.3, 0.4) is 0 Å². The van der Waals surface area contributed by atoms with E-state index in [0.29, 0.717) is 0 Å². The minimum absolute atomic E-state index is 1.19. The highest BCUT2D eigenvalue weighted by Gasteiger charge is 2.00. The van der Waals surface area contributed by atoms with Crippen LogP contribution in [0, 0.1) is 0 Å². The molecule has 0 atom stereocenters. The van der Waals surface area contributed by atoms with Crippen LogP contribution in [0.2, 0.25) is 0 Å². The first-order chi connectivity index (χ1) is 4.50. The lowest BCUT2D eigenvalue weighted by Crippen LogP contribution is -1.51. The Morgan fingerprint density at radius 3 is 1.56 bits per heavy atom. The van der Waals surface area contributed by atoms with Gasteiger partial charge in [-0.2, -0.15) is 0 Å². The molecule has 0 saturated carbocycles. The van der Waals surface area contributed by atoms with Gasteiger partial charge in [-0.3, -0.25) is 0 Å². The maximum Gasteiger partial charge on any atom is 0.0616 e. The Balaban J connectivity index is 2.02. The summed E-state index contributed by atoms with van der Waals surface area (Å²) in [5.74, 6) is 0. The third-order valence-corrected chi connectivity index (χ3v) is 16.4. The summed E-state index contributed by atoms with van der Waals surface area (Å²) >= 11 is 0.